The number of carbonyl (C=O) groups excluding carboxylic acids is 1. The van der Waals surface area contributed by atoms with Gasteiger partial charge in [0.15, 0.2) is 0 Å². The lowest BCUT2D eigenvalue weighted by Crippen LogP contribution is -2.31. The molecule has 0 saturated carbocycles. The van der Waals surface area contributed by atoms with E-state index in [1.54, 1.807) is 18.1 Å². The highest BCUT2D eigenvalue weighted by Gasteiger charge is 2.17. The third-order valence-corrected chi connectivity index (χ3v) is 3.72. The second-order valence-corrected chi connectivity index (χ2v) is 5.24. The number of methoxy groups -OCH3 is 1. The number of benzene rings is 1. The molecule has 1 heterocycles. The molecular formula is C16H23NO3. The molecule has 2 rings (SSSR count). The maximum atomic E-state index is 12.3. The van der Waals surface area contributed by atoms with Gasteiger partial charge in [0.25, 0.3) is 5.91 Å². The lowest BCUT2D eigenvalue weighted by molar-refractivity contribution is 0.00709. The molecule has 1 atom stereocenters. The number of hydrogen-bond acceptors (Lipinski definition) is 3. The van der Waals surface area contributed by atoms with Gasteiger partial charge in [-0.15, -0.1) is 0 Å². The summed E-state index contributed by atoms with van der Waals surface area (Å²) in [5, 5.41) is 0. The Balaban J connectivity index is 1.87. The Labute approximate surface area is 120 Å². The lowest BCUT2D eigenvalue weighted by atomic mass is 10.1. The van der Waals surface area contributed by atoms with Crippen molar-refractivity contribution in [1.82, 2.24) is 4.90 Å². The van der Waals surface area contributed by atoms with Crippen LogP contribution in [0.25, 0.3) is 0 Å². The first-order chi connectivity index (χ1) is 9.70. The van der Waals surface area contributed by atoms with Gasteiger partial charge >= 0.3 is 0 Å². The van der Waals surface area contributed by atoms with E-state index in [1.807, 2.05) is 25.2 Å². The summed E-state index contributed by atoms with van der Waals surface area (Å²) in [5.41, 5.74) is 0.663. The van der Waals surface area contributed by atoms with Crippen LogP contribution in [-0.4, -0.2) is 44.2 Å². The quantitative estimate of drug-likeness (QED) is 0.830. The third kappa shape index (κ3) is 3.97. The van der Waals surface area contributed by atoms with Crippen LogP contribution in [0.3, 0.4) is 0 Å². The molecule has 1 aromatic rings. The number of rotatable bonds is 5. The van der Waals surface area contributed by atoms with Crippen molar-refractivity contribution in [2.45, 2.75) is 31.8 Å². The van der Waals surface area contributed by atoms with E-state index in [1.165, 1.54) is 6.42 Å². The molecule has 20 heavy (non-hydrogen) atoms. The van der Waals surface area contributed by atoms with Crippen LogP contribution in [0.4, 0.5) is 0 Å². The van der Waals surface area contributed by atoms with Gasteiger partial charge in [-0.2, -0.15) is 0 Å². The zero-order valence-electron chi connectivity index (χ0n) is 12.3. The van der Waals surface area contributed by atoms with E-state index < -0.39 is 0 Å². The number of carbonyl (C=O) groups is 1. The van der Waals surface area contributed by atoms with Crippen LogP contribution in [0.1, 0.15) is 36.0 Å². The molecule has 1 unspecified atom stereocenters. The normalized spacial score (nSPS) is 18.6. The molecule has 1 aliphatic heterocycles. The molecule has 0 radical (unpaired) electrons. The van der Waals surface area contributed by atoms with Gasteiger partial charge in [-0.25, -0.2) is 0 Å². The number of amides is 1. The molecule has 0 bridgehead atoms. The van der Waals surface area contributed by atoms with E-state index >= 15 is 0 Å². The number of nitrogens with zero attached hydrogens (tertiary/aromatic N) is 1. The second-order valence-electron chi connectivity index (χ2n) is 5.24. The van der Waals surface area contributed by atoms with Gasteiger partial charge in [0.2, 0.25) is 0 Å². The van der Waals surface area contributed by atoms with Crippen molar-refractivity contribution in [1.29, 1.82) is 0 Å². The second kappa shape index (κ2) is 7.29. The third-order valence-electron chi connectivity index (χ3n) is 3.72. The van der Waals surface area contributed by atoms with E-state index in [0.29, 0.717) is 17.4 Å². The first-order valence-corrected chi connectivity index (χ1v) is 7.22. The highest BCUT2D eigenvalue weighted by molar-refractivity contribution is 5.94. The zero-order valence-corrected chi connectivity index (χ0v) is 12.3. The van der Waals surface area contributed by atoms with Crippen molar-refractivity contribution in [3.63, 3.8) is 0 Å². The topological polar surface area (TPSA) is 38.8 Å². The van der Waals surface area contributed by atoms with Crippen LogP contribution < -0.4 is 4.74 Å². The first-order valence-electron chi connectivity index (χ1n) is 7.22. The summed E-state index contributed by atoms with van der Waals surface area (Å²) >= 11 is 0. The van der Waals surface area contributed by atoms with Gasteiger partial charge in [-0.3, -0.25) is 4.79 Å². The fourth-order valence-corrected chi connectivity index (χ4v) is 2.45. The molecule has 0 spiro atoms. The van der Waals surface area contributed by atoms with Crippen molar-refractivity contribution < 1.29 is 14.3 Å². The Hall–Kier alpha value is -1.55. The smallest absolute Gasteiger partial charge is 0.253 e. The lowest BCUT2D eigenvalue weighted by Gasteiger charge is -2.25. The van der Waals surface area contributed by atoms with Crippen molar-refractivity contribution in [3.8, 4) is 5.75 Å². The summed E-state index contributed by atoms with van der Waals surface area (Å²) in [7, 11) is 3.44. The van der Waals surface area contributed by atoms with Crippen LogP contribution in [0.15, 0.2) is 24.3 Å². The fourth-order valence-electron chi connectivity index (χ4n) is 2.45. The van der Waals surface area contributed by atoms with Crippen LogP contribution in [0.2, 0.25) is 0 Å². The molecule has 0 N–H and O–H groups in total. The molecule has 1 aromatic carbocycles. The summed E-state index contributed by atoms with van der Waals surface area (Å²) in [5.74, 6) is 0.736. The first kappa shape index (κ1) is 14.9. The molecule has 1 aliphatic rings. The van der Waals surface area contributed by atoms with Gasteiger partial charge in [-0.1, -0.05) is 6.07 Å². The highest BCUT2D eigenvalue weighted by Crippen LogP contribution is 2.17. The van der Waals surface area contributed by atoms with Crippen molar-refractivity contribution in [2.75, 3.05) is 27.3 Å². The van der Waals surface area contributed by atoms with Gasteiger partial charge in [0.05, 0.1) is 13.2 Å². The zero-order chi connectivity index (χ0) is 14.4. The molecule has 0 aliphatic carbocycles. The fraction of sp³-hybridized carbons (Fsp3) is 0.562. The van der Waals surface area contributed by atoms with E-state index in [4.69, 9.17) is 9.47 Å². The summed E-state index contributed by atoms with van der Waals surface area (Å²) in [4.78, 5) is 14.1. The Kier molecular flexibility index (Phi) is 5.41. The monoisotopic (exact) mass is 277 g/mol. The average Bonchev–Trinajstić information content (AvgIpc) is 2.53. The summed E-state index contributed by atoms with van der Waals surface area (Å²) in [6.07, 6.45) is 4.73. The maximum Gasteiger partial charge on any atom is 0.253 e. The van der Waals surface area contributed by atoms with Crippen molar-refractivity contribution in [2.24, 2.45) is 0 Å². The highest BCUT2D eigenvalue weighted by atomic mass is 16.5. The summed E-state index contributed by atoms with van der Waals surface area (Å²) in [6, 6.07) is 7.27. The predicted octanol–water partition coefficient (Wildman–Crippen LogP) is 2.73. The van der Waals surface area contributed by atoms with E-state index in [9.17, 15) is 4.79 Å². The standard InChI is InChI=1S/C16H23NO3/c1-17(10-9-14-7-3-4-11-20-14)16(18)13-6-5-8-15(12-13)19-2/h5-6,8,12,14H,3-4,7,9-11H2,1-2H3. The molecule has 1 amide bonds. The molecule has 4 nitrogen and oxygen atoms in total. The Morgan fingerprint density at radius 2 is 2.30 bits per heavy atom. The van der Waals surface area contributed by atoms with Crippen molar-refractivity contribution >= 4 is 5.91 Å². The number of ether oxygens (including phenoxy) is 2. The van der Waals surface area contributed by atoms with E-state index in [2.05, 4.69) is 0 Å². The number of hydrogen-bond donors (Lipinski definition) is 0. The Bertz CT molecular complexity index is 441. The Morgan fingerprint density at radius 1 is 1.45 bits per heavy atom. The van der Waals surface area contributed by atoms with Crippen LogP contribution >= 0.6 is 0 Å². The molecular weight excluding hydrogens is 254 g/mol. The maximum absolute atomic E-state index is 12.3. The van der Waals surface area contributed by atoms with Crippen LogP contribution in [0.5, 0.6) is 5.75 Å². The average molecular weight is 277 g/mol. The molecule has 1 saturated heterocycles. The van der Waals surface area contributed by atoms with E-state index in [-0.39, 0.29) is 5.91 Å². The molecule has 0 aromatic heterocycles. The van der Waals surface area contributed by atoms with E-state index in [0.717, 1.165) is 32.4 Å². The van der Waals surface area contributed by atoms with Crippen LogP contribution in [-0.2, 0) is 4.74 Å². The minimum Gasteiger partial charge on any atom is -0.497 e. The largest absolute Gasteiger partial charge is 0.497 e. The van der Waals surface area contributed by atoms with Gasteiger partial charge in [0.1, 0.15) is 5.75 Å². The Morgan fingerprint density at radius 3 is 3.00 bits per heavy atom. The predicted molar refractivity (Wildman–Crippen MR) is 78.2 cm³/mol. The van der Waals surface area contributed by atoms with Gasteiger partial charge in [-0.05, 0) is 43.9 Å². The van der Waals surface area contributed by atoms with Gasteiger partial charge in [0, 0.05) is 25.8 Å². The molecule has 1 fully saturated rings. The molecule has 110 valence electrons. The summed E-state index contributed by atoms with van der Waals surface area (Å²) in [6.45, 7) is 1.58. The van der Waals surface area contributed by atoms with Crippen LogP contribution in [0, 0.1) is 0 Å². The molecule has 4 heteroatoms. The summed E-state index contributed by atoms with van der Waals surface area (Å²) < 4.78 is 10.8. The van der Waals surface area contributed by atoms with Gasteiger partial charge < -0.3 is 14.4 Å². The SMILES string of the molecule is COc1cccc(C(=O)N(C)CCC2CCCCO2)c1. The van der Waals surface area contributed by atoms with Crippen molar-refractivity contribution in [3.05, 3.63) is 29.8 Å². The minimum atomic E-state index is 0.0275. The minimum absolute atomic E-state index is 0.0275.